The lowest BCUT2D eigenvalue weighted by atomic mass is 10.1. The average Bonchev–Trinajstić information content (AvgIpc) is 2.48. The molecule has 1 aromatic carbocycles. The predicted octanol–water partition coefficient (Wildman–Crippen LogP) is 3.67. The monoisotopic (exact) mass is 299 g/mol. The van der Waals surface area contributed by atoms with Crippen molar-refractivity contribution >= 4 is 17.4 Å². The number of amides is 1. The Bertz CT molecular complexity index is 696. The summed E-state index contributed by atoms with van der Waals surface area (Å²) >= 11 is 0. The molecule has 0 saturated heterocycles. The number of anilines is 2. The molecule has 0 aliphatic heterocycles. The van der Waals surface area contributed by atoms with E-state index in [1.54, 1.807) is 18.3 Å². The first kappa shape index (κ1) is 15.8. The largest absolute Gasteiger partial charge is 0.457 e. The van der Waals surface area contributed by atoms with Crippen LogP contribution in [0.25, 0.3) is 0 Å². The number of hydrogen-bond acceptors (Lipinski definition) is 4. The minimum atomic E-state index is -0.103. The number of nitrogen functional groups attached to an aromatic ring is 1. The standard InChI is InChI=1S/C17H21N3O2/c1-10(2)17(21)20-16-9-13(7-8-19-16)22-15-6-5-14(18)11(3)12(15)4/h5-10H,18H2,1-4H3,(H,19,20,21). The van der Waals surface area contributed by atoms with E-state index in [9.17, 15) is 4.79 Å². The van der Waals surface area contributed by atoms with Gasteiger partial charge in [-0.25, -0.2) is 4.98 Å². The van der Waals surface area contributed by atoms with Gasteiger partial charge >= 0.3 is 0 Å². The second kappa shape index (κ2) is 6.47. The van der Waals surface area contributed by atoms with Crippen molar-refractivity contribution in [2.45, 2.75) is 27.7 Å². The van der Waals surface area contributed by atoms with Crippen molar-refractivity contribution in [1.82, 2.24) is 4.98 Å². The fraction of sp³-hybridized carbons (Fsp3) is 0.294. The summed E-state index contributed by atoms with van der Waals surface area (Å²) in [5.41, 5.74) is 8.61. The lowest BCUT2D eigenvalue weighted by Crippen LogP contribution is -2.18. The molecular formula is C17H21N3O2. The van der Waals surface area contributed by atoms with Gasteiger partial charge in [0.1, 0.15) is 17.3 Å². The van der Waals surface area contributed by atoms with Gasteiger partial charge in [0.25, 0.3) is 0 Å². The Kier molecular flexibility index (Phi) is 4.65. The van der Waals surface area contributed by atoms with Gasteiger partial charge in [-0.2, -0.15) is 0 Å². The Hall–Kier alpha value is -2.56. The zero-order chi connectivity index (χ0) is 16.3. The Labute approximate surface area is 130 Å². The topological polar surface area (TPSA) is 77.2 Å². The molecule has 2 rings (SSSR count). The number of nitrogens with one attached hydrogen (secondary N) is 1. The van der Waals surface area contributed by atoms with E-state index in [-0.39, 0.29) is 11.8 Å². The molecule has 0 aliphatic rings. The van der Waals surface area contributed by atoms with Gasteiger partial charge in [0.05, 0.1) is 0 Å². The smallest absolute Gasteiger partial charge is 0.228 e. The average molecular weight is 299 g/mol. The molecule has 0 bridgehead atoms. The molecule has 3 N–H and O–H groups in total. The molecule has 5 heteroatoms. The van der Waals surface area contributed by atoms with Gasteiger partial charge in [-0.05, 0) is 43.2 Å². The van der Waals surface area contributed by atoms with Crippen molar-refractivity contribution in [2.24, 2.45) is 5.92 Å². The Morgan fingerprint density at radius 1 is 1.23 bits per heavy atom. The summed E-state index contributed by atoms with van der Waals surface area (Å²) in [5.74, 6) is 1.64. The molecular weight excluding hydrogens is 278 g/mol. The van der Waals surface area contributed by atoms with Crippen LogP contribution in [0.3, 0.4) is 0 Å². The third kappa shape index (κ3) is 3.55. The quantitative estimate of drug-likeness (QED) is 0.844. The molecule has 0 aliphatic carbocycles. The van der Waals surface area contributed by atoms with Gasteiger partial charge in [0.15, 0.2) is 0 Å². The van der Waals surface area contributed by atoms with E-state index in [2.05, 4.69) is 10.3 Å². The summed E-state index contributed by atoms with van der Waals surface area (Å²) in [6.45, 7) is 7.58. The zero-order valence-electron chi connectivity index (χ0n) is 13.3. The number of benzene rings is 1. The number of rotatable bonds is 4. The van der Waals surface area contributed by atoms with E-state index in [0.29, 0.717) is 11.6 Å². The lowest BCUT2D eigenvalue weighted by molar-refractivity contribution is -0.118. The number of nitrogens with zero attached hydrogens (tertiary/aromatic N) is 1. The summed E-state index contributed by atoms with van der Waals surface area (Å²) in [6, 6.07) is 7.10. The first-order valence-electron chi connectivity index (χ1n) is 7.19. The number of aromatic nitrogens is 1. The van der Waals surface area contributed by atoms with E-state index in [1.807, 2.05) is 39.8 Å². The van der Waals surface area contributed by atoms with Crippen molar-refractivity contribution in [2.75, 3.05) is 11.1 Å². The van der Waals surface area contributed by atoms with Gasteiger partial charge in [-0.3, -0.25) is 4.79 Å². The highest BCUT2D eigenvalue weighted by molar-refractivity contribution is 5.91. The van der Waals surface area contributed by atoms with Crippen molar-refractivity contribution < 1.29 is 9.53 Å². The third-order valence-corrected chi connectivity index (χ3v) is 3.51. The van der Waals surface area contributed by atoms with Crippen LogP contribution in [0.15, 0.2) is 30.5 Å². The highest BCUT2D eigenvalue weighted by Crippen LogP contribution is 2.30. The van der Waals surface area contributed by atoms with Crippen LogP contribution < -0.4 is 15.8 Å². The van der Waals surface area contributed by atoms with E-state index in [0.717, 1.165) is 22.6 Å². The van der Waals surface area contributed by atoms with Gasteiger partial charge in [0.2, 0.25) is 5.91 Å². The molecule has 116 valence electrons. The minimum Gasteiger partial charge on any atom is -0.457 e. The van der Waals surface area contributed by atoms with Gasteiger partial charge in [-0.15, -0.1) is 0 Å². The molecule has 2 aromatic rings. The SMILES string of the molecule is Cc1c(N)ccc(Oc2ccnc(NC(=O)C(C)C)c2)c1C. The lowest BCUT2D eigenvalue weighted by Gasteiger charge is -2.13. The highest BCUT2D eigenvalue weighted by Gasteiger charge is 2.10. The molecule has 0 atom stereocenters. The zero-order valence-corrected chi connectivity index (χ0v) is 13.3. The number of carbonyl (C=O) groups excluding carboxylic acids is 1. The molecule has 0 spiro atoms. The van der Waals surface area contributed by atoms with Crippen LogP contribution >= 0.6 is 0 Å². The van der Waals surface area contributed by atoms with Crippen molar-refractivity contribution in [3.05, 3.63) is 41.6 Å². The normalized spacial score (nSPS) is 10.6. The maximum Gasteiger partial charge on any atom is 0.228 e. The van der Waals surface area contributed by atoms with Gasteiger partial charge < -0.3 is 15.8 Å². The van der Waals surface area contributed by atoms with Crippen molar-refractivity contribution in [1.29, 1.82) is 0 Å². The summed E-state index contributed by atoms with van der Waals surface area (Å²) in [7, 11) is 0. The van der Waals surface area contributed by atoms with Crippen LogP contribution in [0, 0.1) is 19.8 Å². The molecule has 0 saturated carbocycles. The molecule has 0 radical (unpaired) electrons. The Balaban J connectivity index is 2.21. The molecule has 1 amide bonds. The molecule has 0 unspecified atom stereocenters. The fourth-order valence-electron chi connectivity index (χ4n) is 1.87. The molecule has 0 fully saturated rings. The number of carbonyl (C=O) groups is 1. The third-order valence-electron chi connectivity index (χ3n) is 3.51. The van der Waals surface area contributed by atoms with Crippen LogP contribution in [0.5, 0.6) is 11.5 Å². The summed E-state index contributed by atoms with van der Waals surface area (Å²) in [4.78, 5) is 15.8. The highest BCUT2D eigenvalue weighted by atomic mass is 16.5. The van der Waals surface area contributed by atoms with Crippen LogP contribution in [0.1, 0.15) is 25.0 Å². The van der Waals surface area contributed by atoms with E-state index < -0.39 is 0 Å². The number of pyridine rings is 1. The molecule has 22 heavy (non-hydrogen) atoms. The molecule has 5 nitrogen and oxygen atoms in total. The maximum atomic E-state index is 11.7. The van der Waals surface area contributed by atoms with Gasteiger partial charge in [-0.1, -0.05) is 13.8 Å². The summed E-state index contributed by atoms with van der Waals surface area (Å²) in [5, 5.41) is 2.75. The van der Waals surface area contributed by atoms with E-state index in [1.165, 1.54) is 0 Å². The van der Waals surface area contributed by atoms with Crippen LogP contribution in [-0.2, 0) is 4.79 Å². The number of ether oxygens (including phenoxy) is 1. The van der Waals surface area contributed by atoms with Crippen LogP contribution in [-0.4, -0.2) is 10.9 Å². The first-order chi connectivity index (χ1) is 10.4. The first-order valence-corrected chi connectivity index (χ1v) is 7.19. The Morgan fingerprint density at radius 2 is 1.95 bits per heavy atom. The van der Waals surface area contributed by atoms with Crippen LogP contribution in [0.4, 0.5) is 11.5 Å². The van der Waals surface area contributed by atoms with Crippen molar-refractivity contribution in [3.63, 3.8) is 0 Å². The second-order valence-corrected chi connectivity index (χ2v) is 5.53. The molecule has 1 heterocycles. The van der Waals surface area contributed by atoms with E-state index >= 15 is 0 Å². The summed E-state index contributed by atoms with van der Waals surface area (Å²) < 4.78 is 5.88. The van der Waals surface area contributed by atoms with Crippen LogP contribution in [0.2, 0.25) is 0 Å². The fourth-order valence-corrected chi connectivity index (χ4v) is 1.87. The Morgan fingerprint density at radius 3 is 2.64 bits per heavy atom. The summed E-state index contributed by atoms with van der Waals surface area (Å²) in [6.07, 6.45) is 1.60. The molecule has 1 aromatic heterocycles. The van der Waals surface area contributed by atoms with Crippen molar-refractivity contribution in [3.8, 4) is 11.5 Å². The maximum absolute atomic E-state index is 11.7. The minimum absolute atomic E-state index is 0.0795. The number of nitrogens with two attached hydrogens (primary N) is 1. The second-order valence-electron chi connectivity index (χ2n) is 5.53. The van der Waals surface area contributed by atoms with E-state index in [4.69, 9.17) is 10.5 Å². The van der Waals surface area contributed by atoms with Gasteiger partial charge in [0, 0.05) is 23.9 Å². The predicted molar refractivity (Wildman–Crippen MR) is 88.1 cm³/mol. The number of hydrogen-bond donors (Lipinski definition) is 2.